The number of nitrogens with zero attached hydrogens (tertiary/aromatic N) is 1. The van der Waals surface area contributed by atoms with Gasteiger partial charge in [0.25, 0.3) is 5.91 Å². The summed E-state index contributed by atoms with van der Waals surface area (Å²) in [4.78, 5) is 25.5. The van der Waals surface area contributed by atoms with E-state index in [2.05, 4.69) is 11.7 Å². The van der Waals surface area contributed by atoms with E-state index in [0.717, 1.165) is 30.2 Å². The van der Waals surface area contributed by atoms with Crippen molar-refractivity contribution >= 4 is 46.3 Å². The van der Waals surface area contributed by atoms with Crippen LogP contribution in [0, 0.1) is 0 Å². The van der Waals surface area contributed by atoms with Crippen molar-refractivity contribution in [2.45, 2.75) is 19.8 Å². The van der Waals surface area contributed by atoms with Gasteiger partial charge in [-0.05, 0) is 30.2 Å². The molecular weight excluding hydrogens is 374 g/mol. The lowest BCUT2D eigenvalue weighted by Gasteiger charge is -2.12. The van der Waals surface area contributed by atoms with Crippen molar-refractivity contribution in [3.8, 4) is 11.5 Å². The maximum Gasteiger partial charge on any atom is 0.325 e. The van der Waals surface area contributed by atoms with Crippen LogP contribution in [-0.2, 0) is 14.3 Å². The summed E-state index contributed by atoms with van der Waals surface area (Å²) >= 11 is 6.33. The molecule has 1 amide bonds. The minimum absolute atomic E-state index is 0.188. The van der Waals surface area contributed by atoms with Crippen molar-refractivity contribution in [1.82, 2.24) is 4.90 Å². The first kappa shape index (κ1) is 20.3. The number of methoxy groups -OCH3 is 2. The Morgan fingerprint density at radius 1 is 1.31 bits per heavy atom. The van der Waals surface area contributed by atoms with Gasteiger partial charge in [0.15, 0.2) is 11.5 Å². The van der Waals surface area contributed by atoms with Gasteiger partial charge in [-0.2, -0.15) is 0 Å². The molecule has 1 heterocycles. The predicted octanol–water partition coefficient (Wildman–Crippen LogP) is 3.25. The van der Waals surface area contributed by atoms with E-state index in [0.29, 0.717) is 27.3 Å². The summed E-state index contributed by atoms with van der Waals surface area (Å²) in [6, 6.07) is 5.46. The Bertz CT molecular complexity index is 732. The first-order chi connectivity index (χ1) is 12.5. The fourth-order valence-corrected chi connectivity index (χ4v) is 3.46. The topological polar surface area (TPSA) is 65.1 Å². The highest BCUT2D eigenvalue weighted by Gasteiger charge is 2.33. The van der Waals surface area contributed by atoms with Crippen molar-refractivity contribution in [1.29, 1.82) is 0 Å². The van der Waals surface area contributed by atoms with Gasteiger partial charge in [0.1, 0.15) is 10.9 Å². The third-order valence-electron chi connectivity index (χ3n) is 3.63. The van der Waals surface area contributed by atoms with Gasteiger partial charge in [-0.1, -0.05) is 43.4 Å². The number of hydrogen-bond acceptors (Lipinski definition) is 7. The summed E-state index contributed by atoms with van der Waals surface area (Å²) < 4.78 is 16.0. The SMILES string of the molecule is CCCCOc1ccc(C=C2SC(=S)N(CC(=O)OC)C2=O)cc1OC. The van der Waals surface area contributed by atoms with Crippen molar-refractivity contribution in [3.63, 3.8) is 0 Å². The van der Waals surface area contributed by atoms with Crippen LogP contribution in [0.4, 0.5) is 0 Å². The van der Waals surface area contributed by atoms with Crippen molar-refractivity contribution in [3.05, 3.63) is 28.7 Å². The number of ether oxygens (including phenoxy) is 3. The lowest BCUT2D eigenvalue weighted by Crippen LogP contribution is -2.33. The average Bonchev–Trinajstić information content (AvgIpc) is 2.90. The summed E-state index contributed by atoms with van der Waals surface area (Å²) in [5.74, 6) is 0.432. The molecule has 1 aliphatic heterocycles. The molecule has 1 aromatic rings. The highest BCUT2D eigenvalue weighted by molar-refractivity contribution is 8.26. The highest BCUT2D eigenvalue weighted by Crippen LogP contribution is 2.34. The molecule has 0 N–H and O–H groups in total. The molecule has 0 bridgehead atoms. The zero-order valence-corrected chi connectivity index (χ0v) is 16.6. The predicted molar refractivity (Wildman–Crippen MR) is 105 cm³/mol. The molecule has 0 spiro atoms. The standard InChI is InChI=1S/C18H21NO5S2/c1-4-5-8-24-13-7-6-12(9-14(13)22-2)10-15-17(21)19(18(25)26-15)11-16(20)23-3/h6-7,9-10H,4-5,8,11H2,1-3H3. The summed E-state index contributed by atoms with van der Waals surface area (Å²) in [6.45, 7) is 2.53. The van der Waals surface area contributed by atoms with Crippen LogP contribution in [0.1, 0.15) is 25.3 Å². The molecule has 2 rings (SSSR count). The van der Waals surface area contributed by atoms with Gasteiger partial charge in [0.2, 0.25) is 0 Å². The Labute approximate surface area is 162 Å². The number of thioether (sulfide) groups is 1. The zero-order valence-electron chi connectivity index (χ0n) is 14.9. The number of benzene rings is 1. The average molecular weight is 396 g/mol. The van der Waals surface area contributed by atoms with Crippen LogP contribution in [0.15, 0.2) is 23.1 Å². The summed E-state index contributed by atoms with van der Waals surface area (Å²) in [7, 11) is 2.84. The van der Waals surface area contributed by atoms with E-state index in [1.807, 2.05) is 12.1 Å². The van der Waals surface area contributed by atoms with Gasteiger partial charge in [-0.3, -0.25) is 14.5 Å². The molecule has 1 aliphatic rings. The number of thiocarbonyl (C=S) groups is 1. The molecule has 0 aromatic heterocycles. The van der Waals surface area contributed by atoms with Crippen LogP contribution in [0.2, 0.25) is 0 Å². The van der Waals surface area contributed by atoms with E-state index in [1.54, 1.807) is 19.3 Å². The number of hydrogen-bond donors (Lipinski definition) is 0. The van der Waals surface area contributed by atoms with Crippen LogP contribution in [0.5, 0.6) is 11.5 Å². The lowest BCUT2D eigenvalue weighted by molar-refractivity contribution is -0.143. The minimum atomic E-state index is -0.516. The smallest absolute Gasteiger partial charge is 0.325 e. The van der Waals surface area contributed by atoms with E-state index < -0.39 is 5.97 Å². The molecule has 0 aliphatic carbocycles. The van der Waals surface area contributed by atoms with E-state index in [1.165, 1.54) is 12.0 Å². The molecule has 8 heteroatoms. The molecule has 26 heavy (non-hydrogen) atoms. The van der Waals surface area contributed by atoms with E-state index in [9.17, 15) is 9.59 Å². The number of amides is 1. The van der Waals surface area contributed by atoms with Crippen LogP contribution < -0.4 is 9.47 Å². The van der Waals surface area contributed by atoms with Gasteiger partial charge in [-0.25, -0.2) is 0 Å². The summed E-state index contributed by atoms with van der Waals surface area (Å²) in [5.41, 5.74) is 0.781. The Morgan fingerprint density at radius 3 is 2.73 bits per heavy atom. The second-order valence-electron chi connectivity index (χ2n) is 5.46. The maximum absolute atomic E-state index is 12.5. The normalized spacial score (nSPS) is 15.5. The van der Waals surface area contributed by atoms with Crippen molar-refractivity contribution < 1.29 is 23.8 Å². The molecule has 1 saturated heterocycles. The number of unbranched alkanes of at least 4 members (excludes halogenated alkanes) is 1. The minimum Gasteiger partial charge on any atom is -0.493 e. The molecule has 0 atom stereocenters. The third-order valence-corrected chi connectivity index (χ3v) is 5.01. The molecule has 0 radical (unpaired) electrons. The fraction of sp³-hybridized carbons (Fsp3) is 0.389. The van der Waals surface area contributed by atoms with Crippen LogP contribution in [-0.4, -0.2) is 48.5 Å². The second-order valence-corrected chi connectivity index (χ2v) is 7.13. The molecular formula is C18H21NO5S2. The highest BCUT2D eigenvalue weighted by atomic mass is 32.2. The molecule has 1 aromatic carbocycles. The molecule has 6 nitrogen and oxygen atoms in total. The number of carbonyl (C=O) groups is 2. The van der Waals surface area contributed by atoms with Gasteiger partial charge in [0, 0.05) is 0 Å². The number of esters is 1. The summed E-state index contributed by atoms with van der Waals surface area (Å²) in [5, 5.41) is 0. The van der Waals surface area contributed by atoms with Crippen molar-refractivity contribution in [2.24, 2.45) is 0 Å². The Balaban J connectivity index is 2.17. The Morgan fingerprint density at radius 2 is 2.08 bits per heavy atom. The number of carbonyl (C=O) groups excluding carboxylic acids is 2. The maximum atomic E-state index is 12.5. The quantitative estimate of drug-likeness (QED) is 0.290. The lowest BCUT2D eigenvalue weighted by atomic mass is 10.2. The molecule has 1 fully saturated rings. The number of rotatable bonds is 8. The van der Waals surface area contributed by atoms with Crippen LogP contribution >= 0.6 is 24.0 Å². The molecule has 0 saturated carbocycles. The largest absolute Gasteiger partial charge is 0.493 e. The Hall–Kier alpha value is -2.06. The molecule has 140 valence electrons. The first-order valence-corrected chi connectivity index (χ1v) is 9.35. The van der Waals surface area contributed by atoms with Crippen molar-refractivity contribution in [2.75, 3.05) is 27.4 Å². The third kappa shape index (κ3) is 4.98. The molecule has 0 unspecified atom stereocenters. The van der Waals surface area contributed by atoms with Crippen LogP contribution in [0.25, 0.3) is 6.08 Å². The van der Waals surface area contributed by atoms with Gasteiger partial charge in [-0.15, -0.1) is 0 Å². The van der Waals surface area contributed by atoms with Crippen LogP contribution in [0.3, 0.4) is 0 Å². The van der Waals surface area contributed by atoms with E-state index in [4.69, 9.17) is 21.7 Å². The van der Waals surface area contributed by atoms with E-state index >= 15 is 0 Å². The van der Waals surface area contributed by atoms with Gasteiger partial charge < -0.3 is 14.2 Å². The summed E-state index contributed by atoms with van der Waals surface area (Å²) in [6.07, 6.45) is 3.73. The van der Waals surface area contributed by atoms with Gasteiger partial charge >= 0.3 is 5.97 Å². The zero-order chi connectivity index (χ0) is 19.1. The first-order valence-electron chi connectivity index (χ1n) is 8.13. The monoisotopic (exact) mass is 395 g/mol. The van der Waals surface area contributed by atoms with Gasteiger partial charge in [0.05, 0.1) is 25.7 Å². The Kier molecular flexibility index (Phi) is 7.47. The van der Waals surface area contributed by atoms with E-state index in [-0.39, 0.29) is 12.5 Å². The second kappa shape index (κ2) is 9.59. The fourth-order valence-electron chi connectivity index (χ4n) is 2.20.